The molecule has 14 heavy (non-hydrogen) atoms. The molecule has 0 aliphatic rings. The largest absolute Gasteiger partial charge is 0.197 e. The lowest BCUT2D eigenvalue weighted by molar-refractivity contribution is 1.07. The standard InChI is InChI=1S/C12H9NS/c13-9-11(12-7-4-8-14-12)10-5-2-1-3-6-10/h1-8,11H. The Bertz CT molecular complexity index is 425. The summed E-state index contributed by atoms with van der Waals surface area (Å²) < 4.78 is 0. The van der Waals surface area contributed by atoms with Crippen LogP contribution in [0.2, 0.25) is 0 Å². The van der Waals surface area contributed by atoms with Crippen LogP contribution in [0.25, 0.3) is 0 Å². The average Bonchev–Trinajstić information content (AvgIpc) is 2.74. The first-order chi connectivity index (χ1) is 6.92. The van der Waals surface area contributed by atoms with Gasteiger partial charge >= 0.3 is 0 Å². The van der Waals surface area contributed by atoms with Crippen molar-refractivity contribution in [2.45, 2.75) is 5.92 Å². The van der Waals surface area contributed by atoms with Crippen molar-refractivity contribution in [1.29, 1.82) is 5.26 Å². The molecule has 0 N–H and O–H groups in total. The van der Waals surface area contributed by atoms with Gasteiger partial charge in [0.2, 0.25) is 0 Å². The topological polar surface area (TPSA) is 23.8 Å². The van der Waals surface area contributed by atoms with Gasteiger partial charge in [0, 0.05) is 4.88 Å². The van der Waals surface area contributed by atoms with E-state index < -0.39 is 0 Å². The van der Waals surface area contributed by atoms with Gasteiger partial charge in [-0.2, -0.15) is 5.26 Å². The molecular weight excluding hydrogens is 190 g/mol. The average molecular weight is 199 g/mol. The minimum Gasteiger partial charge on any atom is -0.197 e. The third-order valence-corrected chi connectivity index (χ3v) is 3.03. The number of hydrogen-bond acceptors (Lipinski definition) is 2. The zero-order valence-corrected chi connectivity index (χ0v) is 8.37. The van der Waals surface area contributed by atoms with E-state index in [4.69, 9.17) is 5.26 Å². The van der Waals surface area contributed by atoms with E-state index in [1.54, 1.807) is 11.3 Å². The van der Waals surface area contributed by atoms with Crippen molar-refractivity contribution in [2.24, 2.45) is 0 Å². The second-order valence-corrected chi connectivity index (χ2v) is 3.97. The number of hydrogen-bond donors (Lipinski definition) is 0. The fraction of sp³-hybridized carbons (Fsp3) is 0.0833. The Balaban J connectivity index is 2.38. The summed E-state index contributed by atoms with van der Waals surface area (Å²) in [5.41, 5.74) is 1.07. The quantitative estimate of drug-likeness (QED) is 0.727. The molecule has 2 rings (SSSR count). The lowest BCUT2D eigenvalue weighted by Crippen LogP contribution is -1.94. The zero-order valence-electron chi connectivity index (χ0n) is 7.55. The first-order valence-corrected chi connectivity index (χ1v) is 5.28. The molecule has 0 bridgehead atoms. The van der Waals surface area contributed by atoms with E-state index >= 15 is 0 Å². The first-order valence-electron chi connectivity index (χ1n) is 4.40. The maximum atomic E-state index is 9.11. The Hall–Kier alpha value is -1.59. The summed E-state index contributed by atoms with van der Waals surface area (Å²) in [5.74, 6) is -0.115. The normalized spacial score (nSPS) is 11.9. The highest BCUT2D eigenvalue weighted by Crippen LogP contribution is 2.27. The second kappa shape index (κ2) is 4.08. The van der Waals surface area contributed by atoms with Crippen LogP contribution in [0.15, 0.2) is 47.8 Å². The Morgan fingerprint density at radius 2 is 1.86 bits per heavy atom. The van der Waals surface area contributed by atoms with Gasteiger partial charge in [-0.25, -0.2) is 0 Å². The van der Waals surface area contributed by atoms with Crippen LogP contribution in [0.5, 0.6) is 0 Å². The molecule has 0 saturated heterocycles. The van der Waals surface area contributed by atoms with Crippen molar-refractivity contribution in [3.05, 3.63) is 58.3 Å². The molecule has 0 spiro atoms. The molecule has 1 atom stereocenters. The number of thiophene rings is 1. The molecule has 2 heteroatoms. The number of benzene rings is 1. The fourth-order valence-corrected chi connectivity index (χ4v) is 2.20. The van der Waals surface area contributed by atoms with Gasteiger partial charge in [-0.15, -0.1) is 11.3 Å². The highest BCUT2D eigenvalue weighted by atomic mass is 32.1. The molecule has 2 aromatic rings. The molecule has 0 aliphatic heterocycles. The van der Waals surface area contributed by atoms with Crippen LogP contribution >= 0.6 is 11.3 Å². The minimum atomic E-state index is -0.115. The summed E-state index contributed by atoms with van der Waals surface area (Å²) in [5, 5.41) is 11.1. The molecule has 1 aromatic carbocycles. The SMILES string of the molecule is N#CC(c1ccccc1)c1cccs1. The van der Waals surface area contributed by atoms with Crippen molar-refractivity contribution < 1.29 is 0 Å². The van der Waals surface area contributed by atoms with Gasteiger partial charge in [-0.1, -0.05) is 36.4 Å². The predicted molar refractivity (Wildman–Crippen MR) is 58.2 cm³/mol. The van der Waals surface area contributed by atoms with Crippen molar-refractivity contribution in [3.63, 3.8) is 0 Å². The van der Waals surface area contributed by atoms with Crippen LogP contribution in [0, 0.1) is 11.3 Å². The monoisotopic (exact) mass is 199 g/mol. The molecule has 1 nitrogen and oxygen atoms in total. The summed E-state index contributed by atoms with van der Waals surface area (Å²) >= 11 is 1.63. The molecule has 1 aromatic heterocycles. The van der Waals surface area contributed by atoms with Gasteiger partial charge in [0.05, 0.1) is 6.07 Å². The van der Waals surface area contributed by atoms with Crippen LogP contribution in [0.4, 0.5) is 0 Å². The van der Waals surface area contributed by atoms with Crippen LogP contribution < -0.4 is 0 Å². The number of rotatable bonds is 2. The Morgan fingerprint density at radius 1 is 1.07 bits per heavy atom. The Labute approximate surface area is 87.3 Å². The smallest absolute Gasteiger partial charge is 0.105 e. The van der Waals surface area contributed by atoms with Crippen LogP contribution in [0.1, 0.15) is 16.4 Å². The fourth-order valence-electron chi connectivity index (χ4n) is 1.40. The van der Waals surface area contributed by atoms with Crippen LogP contribution in [0.3, 0.4) is 0 Å². The van der Waals surface area contributed by atoms with Crippen LogP contribution in [-0.4, -0.2) is 0 Å². The van der Waals surface area contributed by atoms with Gasteiger partial charge in [0.25, 0.3) is 0 Å². The summed E-state index contributed by atoms with van der Waals surface area (Å²) in [4.78, 5) is 1.11. The third-order valence-electron chi connectivity index (χ3n) is 2.09. The highest BCUT2D eigenvalue weighted by Gasteiger charge is 2.12. The molecule has 68 valence electrons. The summed E-state index contributed by atoms with van der Waals surface area (Å²) in [7, 11) is 0. The number of nitriles is 1. The molecule has 0 amide bonds. The van der Waals surface area contributed by atoms with E-state index in [2.05, 4.69) is 6.07 Å². The van der Waals surface area contributed by atoms with Gasteiger partial charge in [0.1, 0.15) is 5.92 Å². The van der Waals surface area contributed by atoms with E-state index in [9.17, 15) is 0 Å². The maximum Gasteiger partial charge on any atom is 0.105 e. The lowest BCUT2D eigenvalue weighted by atomic mass is 9.99. The van der Waals surface area contributed by atoms with Gasteiger partial charge in [-0.05, 0) is 17.0 Å². The Kier molecular flexibility index (Phi) is 2.62. The maximum absolute atomic E-state index is 9.11. The van der Waals surface area contributed by atoms with Crippen molar-refractivity contribution in [1.82, 2.24) is 0 Å². The van der Waals surface area contributed by atoms with E-state index in [1.807, 2.05) is 47.8 Å². The van der Waals surface area contributed by atoms with Crippen LogP contribution in [-0.2, 0) is 0 Å². The molecule has 0 radical (unpaired) electrons. The van der Waals surface area contributed by atoms with Crippen molar-refractivity contribution in [3.8, 4) is 6.07 Å². The van der Waals surface area contributed by atoms with Gasteiger partial charge in [-0.3, -0.25) is 0 Å². The summed E-state index contributed by atoms with van der Waals surface area (Å²) in [6.45, 7) is 0. The van der Waals surface area contributed by atoms with E-state index in [1.165, 1.54) is 0 Å². The second-order valence-electron chi connectivity index (χ2n) is 2.99. The lowest BCUT2D eigenvalue weighted by Gasteiger charge is -2.05. The zero-order chi connectivity index (χ0) is 9.80. The molecule has 0 saturated carbocycles. The van der Waals surface area contributed by atoms with Crippen molar-refractivity contribution >= 4 is 11.3 Å². The minimum absolute atomic E-state index is 0.115. The summed E-state index contributed by atoms with van der Waals surface area (Å²) in [6.07, 6.45) is 0. The van der Waals surface area contributed by atoms with Crippen molar-refractivity contribution in [2.75, 3.05) is 0 Å². The summed E-state index contributed by atoms with van der Waals surface area (Å²) in [6, 6.07) is 16.2. The van der Waals surface area contributed by atoms with E-state index in [0.29, 0.717) is 0 Å². The molecule has 1 unspecified atom stereocenters. The molecule has 1 heterocycles. The first kappa shape index (κ1) is 8.98. The molecular formula is C12H9NS. The highest BCUT2D eigenvalue weighted by molar-refractivity contribution is 7.10. The Morgan fingerprint density at radius 3 is 2.43 bits per heavy atom. The van der Waals surface area contributed by atoms with Gasteiger partial charge in [0.15, 0.2) is 0 Å². The molecule has 0 fully saturated rings. The van der Waals surface area contributed by atoms with E-state index in [-0.39, 0.29) is 5.92 Å². The predicted octanol–water partition coefficient (Wildman–Crippen LogP) is 3.40. The third kappa shape index (κ3) is 1.68. The molecule has 0 aliphatic carbocycles. The number of nitrogens with zero attached hydrogens (tertiary/aromatic N) is 1. The van der Waals surface area contributed by atoms with Gasteiger partial charge < -0.3 is 0 Å². The van der Waals surface area contributed by atoms with E-state index in [0.717, 1.165) is 10.4 Å².